The summed E-state index contributed by atoms with van der Waals surface area (Å²) < 4.78 is 0.461. The van der Waals surface area contributed by atoms with E-state index in [0.29, 0.717) is 11.0 Å². The van der Waals surface area contributed by atoms with Crippen molar-refractivity contribution in [1.29, 1.82) is 0 Å². The summed E-state index contributed by atoms with van der Waals surface area (Å²) in [4.78, 5) is 11.1. The van der Waals surface area contributed by atoms with Crippen molar-refractivity contribution in [3.8, 4) is 5.75 Å². The van der Waals surface area contributed by atoms with E-state index < -0.39 is 0 Å². The zero-order valence-corrected chi connectivity index (χ0v) is 9.74. The lowest BCUT2D eigenvalue weighted by atomic mass is 10.1. The maximum Gasteiger partial charge on any atom is 0.184 e. The van der Waals surface area contributed by atoms with E-state index in [1.807, 2.05) is 33.2 Å². The van der Waals surface area contributed by atoms with Crippen LogP contribution in [0.1, 0.15) is 12.5 Å². The van der Waals surface area contributed by atoms with E-state index in [0.717, 1.165) is 11.3 Å². The molecule has 0 aromatic heterocycles. The van der Waals surface area contributed by atoms with Gasteiger partial charge in [-0.15, -0.1) is 0 Å². The van der Waals surface area contributed by atoms with Crippen LogP contribution in [-0.2, 0) is 4.79 Å². The van der Waals surface area contributed by atoms with Gasteiger partial charge >= 0.3 is 0 Å². The molecule has 0 unspecified atom stereocenters. The average Bonchev–Trinajstić information content (AvgIpc) is 2.07. The SMILES string of the molecule is CC(=O)C[N+](C)(C)c1ccc(C)c(O)c1. The van der Waals surface area contributed by atoms with E-state index in [1.54, 1.807) is 13.0 Å². The summed E-state index contributed by atoms with van der Waals surface area (Å²) in [5.74, 6) is 0.419. The minimum Gasteiger partial charge on any atom is -0.507 e. The zero-order chi connectivity index (χ0) is 11.6. The Morgan fingerprint density at radius 2 is 2.00 bits per heavy atom. The molecule has 0 saturated heterocycles. The van der Waals surface area contributed by atoms with Crippen LogP contribution in [0.3, 0.4) is 0 Å². The van der Waals surface area contributed by atoms with Gasteiger partial charge in [0.25, 0.3) is 0 Å². The van der Waals surface area contributed by atoms with Crippen molar-refractivity contribution in [3.63, 3.8) is 0 Å². The normalized spacial score (nSPS) is 11.5. The summed E-state index contributed by atoms with van der Waals surface area (Å²) >= 11 is 0. The summed E-state index contributed by atoms with van der Waals surface area (Å²) in [5, 5.41) is 9.60. The van der Waals surface area contributed by atoms with Gasteiger partial charge in [-0.3, -0.25) is 9.28 Å². The molecule has 0 aliphatic heterocycles. The first kappa shape index (κ1) is 11.7. The third-order valence-electron chi connectivity index (χ3n) is 2.51. The Morgan fingerprint density at radius 1 is 1.40 bits per heavy atom. The molecular weight excluding hydrogens is 190 g/mol. The molecule has 1 rings (SSSR count). The lowest BCUT2D eigenvalue weighted by Gasteiger charge is -2.28. The molecule has 3 heteroatoms. The molecule has 0 heterocycles. The lowest BCUT2D eigenvalue weighted by Crippen LogP contribution is -2.44. The molecule has 15 heavy (non-hydrogen) atoms. The van der Waals surface area contributed by atoms with Crippen molar-refractivity contribution in [2.24, 2.45) is 0 Å². The number of nitrogens with zero attached hydrogens (tertiary/aromatic N) is 1. The first-order valence-corrected chi connectivity index (χ1v) is 4.95. The van der Waals surface area contributed by atoms with Crippen LogP contribution < -0.4 is 4.48 Å². The summed E-state index contributed by atoms with van der Waals surface area (Å²) in [6.45, 7) is 3.86. The Labute approximate surface area is 90.5 Å². The average molecular weight is 208 g/mol. The Bertz CT molecular complexity index is 383. The standard InChI is InChI=1S/C12H17NO2/c1-9-5-6-11(7-12(9)15)13(3,4)8-10(2)14/h5-7H,8H2,1-4H3/p+1. The molecule has 0 saturated carbocycles. The summed E-state index contributed by atoms with van der Waals surface area (Å²) in [6, 6.07) is 5.53. The largest absolute Gasteiger partial charge is 0.507 e. The van der Waals surface area contributed by atoms with Crippen molar-refractivity contribution in [3.05, 3.63) is 23.8 Å². The van der Waals surface area contributed by atoms with Crippen LogP contribution in [0.4, 0.5) is 5.69 Å². The third-order valence-corrected chi connectivity index (χ3v) is 2.51. The Hall–Kier alpha value is -1.35. The molecule has 0 radical (unpaired) electrons. The van der Waals surface area contributed by atoms with Gasteiger partial charge in [-0.25, -0.2) is 0 Å². The fraction of sp³-hybridized carbons (Fsp3) is 0.417. The van der Waals surface area contributed by atoms with Gasteiger partial charge < -0.3 is 5.11 Å². The first-order valence-electron chi connectivity index (χ1n) is 4.95. The van der Waals surface area contributed by atoms with Crippen molar-refractivity contribution in [1.82, 2.24) is 4.48 Å². The van der Waals surface area contributed by atoms with Crippen LogP contribution in [-0.4, -0.2) is 31.5 Å². The van der Waals surface area contributed by atoms with Crippen LogP contribution in [0.2, 0.25) is 0 Å². The van der Waals surface area contributed by atoms with Crippen LogP contribution in [0.15, 0.2) is 18.2 Å². The van der Waals surface area contributed by atoms with Crippen LogP contribution in [0.5, 0.6) is 5.75 Å². The van der Waals surface area contributed by atoms with Gasteiger partial charge in [-0.1, -0.05) is 0 Å². The van der Waals surface area contributed by atoms with Crippen molar-refractivity contribution in [2.45, 2.75) is 13.8 Å². The molecule has 0 fully saturated rings. The van der Waals surface area contributed by atoms with Gasteiger partial charge in [-0.05, 0) is 24.6 Å². The topological polar surface area (TPSA) is 37.3 Å². The molecule has 0 bridgehead atoms. The molecule has 1 aromatic carbocycles. The van der Waals surface area contributed by atoms with Crippen molar-refractivity contribution < 1.29 is 9.90 Å². The highest BCUT2D eigenvalue weighted by Crippen LogP contribution is 2.26. The van der Waals surface area contributed by atoms with E-state index >= 15 is 0 Å². The number of likely N-dealkylation sites (N-methyl/N-ethyl adjacent to an activating group) is 1. The second-order valence-corrected chi connectivity index (χ2v) is 4.52. The van der Waals surface area contributed by atoms with Gasteiger partial charge in [0.05, 0.1) is 14.1 Å². The summed E-state index contributed by atoms with van der Waals surface area (Å²) in [7, 11) is 3.90. The number of hydrogen-bond acceptors (Lipinski definition) is 2. The van der Waals surface area contributed by atoms with E-state index in [1.165, 1.54) is 0 Å². The van der Waals surface area contributed by atoms with Gasteiger partial charge in [0, 0.05) is 13.0 Å². The highest BCUT2D eigenvalue weighted by molar-refractivity contribution is 5.79. The van der Waals surface area contributed by atoms with Gasteiger partial charge in [-0.2, -0.15) is 0 Å². The Kier molecular flexibility index (Phi) is 3.15. The van der Waals surface area contributed by atoms with Crippen molar-refractivity contribution in [2.75, 3.05) is 20.6 Å². The maximum absolute atomic E-state index is 11.1. The molecule has 82 valence electrons. The monoisotopic (exact) mass is 208 g/mol. The number of aromatic hydroxyl groups is 1. The van der Waals surface area contributed by atoms with Crippen LogP contribution in [0.25, 0.3) is 0 Å². The summed E-state index contributed by atoms with van der Waals surface area (Å²) in [6.07, 6.45) is 0. The number of ketones is 1. The number of phenolic OH excluding ortho intramolecular Hbond substituents is 1. The number of hydrogen-bond donors (Lipinski definition) is 1. The minimum atomic E-state index is 0.139. The smallest absolute Gasteiger partial charge is 0.184 e. The third kappa shape index (κ3) is 2.80. The molecule has 3 nitrogen and oxygen atoms in total. The van der Waals surface area contributed by atoms with E-state index in [9.17, 15) is 9.90 Å². The zero-order valence-electron chi connectivity index (χ0n) is 9.74. The predicted molar refractivity (Wildman–Crippen MR) is 62.0 cm³/mol. The molecule has 0 aliphatic rings. The molecular formula is C12H18NO2+. The number of benzene rings is 1. The number of Topliss-reactive ketones (excluding diaryl/α,β-unsaturated/α-hetero) is 1. The first-order chi connectivity index (χ1) is 6.83. The number of phenols is 1. The number of rotatable bonds is 3. The molecule has 1 aromatic rings. The highest BCUT2D eigenvalue weighted by atomic mass is 16.3. The van der Waals surface area contributed by atoms with Gasteiger partial charge in [0.15, 0.2) is 5.78 Å². The molecule has 0 amide bonds. The molecule has 0 spiro atoms. The van der Waals surface area contributed by atoms with Crippen LogP contribution in [0, 0.1) is 6.92 Å². The van der Waals surface area contributed by atoms with Gasteiger partial charge in [0.2, 0.25) is 0 Å². The fourth-order valence-corrected chi connectivity index (χ4v) is 1.62. The van der Waals surface area contributed by atoms with E-state index in [-0.39, 0.29) is 11.5 Å². The maximum atomic E-state index is 11.1. The number of carbonyl (C=O) groups excluding carboxylic acids is 1. The Morgan fingerprint density at radius 3 is 2.47 bits per heavy atom. The molecule has 1 N–H and O–H groups in total. The number of carbonyl (C=O) groups is 1. The highest BCUT2D eigenvalue weighted by Gasteiger charge is 2.21. The second-order valence-electron chi connectivity index (χ2n) is 4.52. The lowest BCUT2D eigenvalue weighted by molar-refractivity contribution is -0.117. The number of quaternary nitrogens is 1. The Balaban J connectivity index is 3.04. The van der Waals surface area contributed by atoms with Gasteiger partial charge in [0.1, 0.15) is 18.0 Å². The van der Waals surface area contributed by atoms with E-state index in [4.69, 9.17) is 0 Å². The van der Waals surface area contributed by atoms with Crippen molar-refractivity contribution >= 4 is 11.5 Å². The number of aryl methyl sites for hydroxylation is 1. The second kappa shape index (κ2) is 4.03. The minimum absolute atomic E-state index is 0.139. The quantitative estimate of drug-likeness (QED) is 0.770. The predicted octanol–water partition coefficient (Wildman–Crippen LogP) is 1.86. The molecule has 0 aliphatic carbocycles. The van der Waals surface area contributed by atoms with E-state index in [2.05, 4.69) is 0 Å². The van der Waals surface area contributed by atoms with Crippen LogP contribution >= 0.6 is 0 Å². The molecule has 0 atom stereocenters. The fourth-order valence-electron chi connectivity index (χ4n) is 1.62. The summed E-state index contributed by atoms with van der Waals surface area (Å²) in [5.41, 5.74) is 1.79.